The fraction of sp³-hybridized carbons (Fsp3) is 0.915. The minimum absolute atomic E-state index is 0.0624. The Kier molecular flexibility index (Phi) is 16.8. The van der Waals surface area contributed by atoms with Crippen molar-refractivity contribution in [2.24, 2.45) is 46.3 Å². The lowest BCUT2D eigenvalue weighted by atomic mass is 9.46. The standard InChI is InChI=1S/C47H80O8/c1-7-8-9-10-11-12-13-14-15-16-17-21-40(49)53-30-39-42(50)43(51)44(52)45(55-39)54-34-24-26-46(5)33(28-34)29-38(48)41-36-23-22-35(32(4)20-18-19-31(2)3)47(36,6)27-25-37(41)46/h29,31-32,34-37,39,41-45,50-52H,7-28,30H2,1-6H3/t32-,34?,35-,36?,37?,39-,41?,42+,43-,44-,45+,46+,47-/m1/s1. The number of aliphatic hydroxyl groups excluding tert-OH is 3. The van der Waals surface area contributed by atoms with E-state index in [1.807, 2.05) is 6.08 Å². The van der Waals surface area contributed by atoms with Gasteiger partial charge in [0.05, 0.1) is 6.10 Å². The molecule has 0 aromatic heterocycles. The number of hydrogen-bond acceptors (Lipinski definition) is 8. The molecule has 5 rings (SSSR count). The highest BCUT2D eigenvalue weighted by atomic mass is 16.7. The van der Waals surface area contributed by atoms with Crippen LogP contribution in [0.4, 0.5) is 0 Å². The average molecular weight is 773 g/mol. The minimum atomic E-state index is -1.50. The smallest absolute Gasteiger partial charge is 0.305 e. The number of aliphatic hydroxyl groups is 3. The topological polar surface area (TPSA) is 123 Å². The number of ether oxygens (including phenoxy) is 3. The Hall–Kier alpha value is -1.32. The summed E-state index contributed by atoms with van der Waals surface area (Å²) >= 11 is 0. The second kappa shape index (κ2) is 20.6. The number of unbranched alkanes of at least 4 members (excludes halogenated alkanes) is 10. The zero-order valence-corrected chi connectivity index (χ0v) is 35.7. The lowest BCUT2D eigenvalue weighted by molar-refractivity contribution is -0.313. The third-order valence-corrected chi connectivity index (χ3v) is 15.5. The SMILES string of the molecule is CCCCCCCCCCCCCC(=O)OC[C@H]1O[C@H](OC2CC[C@@]3(C)C(=CC(=O)C4C3CC[C@@]3(C)C4CC[C@@H]3[C@H](C)CCCC(C)C)C2)[C@H](O)[C@H](O)[C@H]1O. The monoisotopic (exact) mass is 773 g/mol. The van der Waals surface area contributed by atoms with E-state index in [0.29, 0.717) is 42.3 Å². The second-order valence-electron chi connectivity index (χ2n) is 19.7. The molecule has 0 aromatic rings. The van der Waals surface area contributed by atoms with Gasteiger partial charge in [0.1, 0.15) is 31.0 Å². The van der Waals surface area contributed by atoms with Crippen LogP contribution >= 0.6 is 0 Å². The van der Waals surface area contributed by atoms with Crippen LogP contribution in [0.5, 0.6) is 0 Å². The van der Waals surface area contributed by atoms with E-state index in [1.165, 1.54) is 83.5 Å². The van der Waals surface area contributed by atoms with Crippen molar-refractivity contribution in [3.63, 3.8) is 0 Å². The van der Waals surface area contributed by atoms with Crippen LogP contribution in [-0.2, 0) is 23.8 Å². The molecule has 8 nitrogen and oxygen atoms in total. The lowest BCUT2D eigenvalue weighted by Crippen LogP contribution is -2.60. The average Bonchev–Trinajstić information content (AvgIpc) is 3.51. The molecule has 8 heteroatoms. The fourth-order valence-corrected chi connectivity index (χ4v) is 12.0. The molecule has 0 amide bonds. The van der Waals surface area contributed by atoms with Crippen molar-refractivity contribution in [3.05, 3.63) is 11.6 Å². The maximum Gasteiger partial charge on any atom is 0.305 e. The van der Waals surface area contributed by atoms with Crippen molar-refractivity contribution >= 4 is 11.8 Å². The summed E-state index contributed by atoms with van der Waals surface area (Å²) in [5, 5.41) is 32.3. The molecule has 13 atom stereocenters. The molecule has 1 aliphatic heterocycles. The van der Waals surface area contributed by atoms with E-state index in [-0.39, 0.29) is 35.4 Å². The molecule has 4 fully saturated rings. The van der Waals surface area contributed by atoms with E-state index in [9.17, 15) is 24.9 Å². The highest BCUT2D eigenvalue weighted by Gasteiger charge is 2.61. The molecule has 4 unspecified atom stereocenters. The Morgan fingerprint density at radius 3 is 2.16 bits per heavy atom. The zero-order valence-electron chi connectivity index (χ0n) is 35.7. The van der Waals surface area contributed by atoms with Crippen LogP contribution in [-0.4, -0.2) is 70.5 Å². The van der Waals surface area contributed by atoms with E-state index in [1.54, 1.807) is 0 Å². The quantitative estimate of drug-likeness (QED) is 0.0779. The summed E-state index contributed by atoms with van der Waals surface area (Å²) in [7, 11) is 0. The first-order valence-electron chi connectivity index (χ1n) is 23.1. The summed E-state index contributed by atoms with van der Waals surface area (Å²) in [4.78, 5) is 26.7. The van der Waals surface area contributed by atoms with Gasteiger partial charge in [-0.15, -0.1) is 0 Å². The van der Waals surface area contributed by atoms with Crippen LogP contribution in [0.3, 0.4) is 0 Å². The van der Waals surface area contributed by atoms with Gasteiger partial charge in [-0.3, -0.25) is 9.59 Å². The van der Waals surface area contributed by atoms with E-state index in [0.717, 1.165) is 56.4 Å². The maximum absolute atomic E-state index is 14.1. The van der Waals surface area contributed by atoms with Crippen molar-refractivity contribution < 1.29 is 39.1 Å². The molecule has 0 aromatic carbocycles. The molecule has 0 radical (unpaired) electrons. The van der Waals surface area contributed by atoms with Crippen LogP contribution in [0.1, 0.15) is 183 Å². The Balaban J connectivity index is 1.09. The van der Waals surface area contributed by atoms with Gasteiger partial charge in [0, 0.05) is 12.3 Å². The van der Waals surface area contributed by atoms with E-state index in [2.05, 4.69) is 41.5 Å². The van der Waals surface area contributed by atoms with Gasteiger partial charge in [-0.2, -0.15) is 0 Å². The number of hydrogen-bond donors (Lipinski definition) is 3. The third kappa shape index (κ3) is 10.8. The summed E-state index contributed by atoms with van der Waals surface area (Å²) in [6.45, 7) is 14.0. The van der Waals surface area contributed by atoms with Crippen molar-refractivity contribution in [2.75, 3.05) is 6.61 Å². The van der Waals surface area contributed by atoms with Crippen LogP contribution in [0.25, 0.3) is 0 Å². The number of esters is 1. The van der Waals surface area contributed by atoms with Crippen molar-refractivity contribution in [1.29, 1.82) is 0 Å². The van der Waals surface area contributed by atoms with Gasteiger partial charge in [-0.05, 0) is 97.9 Å². The number of allylic oxidation sites excluding steroid dienone is 1. The Labute approximate surface area is 334 Å². The van der Waals surface area contributed by atoms with Gasteiger partial charge in [-0.25, -0.2) is 0 Å². The van der Waals surface area contributed by atoms with E-state index >= 15 is 0 Å². The van der Waals surface area contributed by atoms with Crippen molar-refractivity contribution in [2.45, 2.75) is 220 Å². The summed E-state index contributed by atoms with van der Waals surface area (Å²) in [5.41, 5.74) is 1.31. The molecule has 55 heavy (non-hydrogen) atoms. The van der Waals surface area contributed by atoms with Gasteiger partial charge >= 0.3 is 5.97 Å². The van der Waals surface area contributed by atoms with Gasteiger partial charge in [0.15, 0.2) is 12.1 Å². The number of ketones is 1. The predicted molar refractivity (Wildman–Crippen MR) is 217 cm³/mol. The molecule has 0 spiro atoms. The fourth-order valence-electron chi connectivity index (χ4n) is 12.0. The Morgan fingerprint density at radius 2 is 1.49 bits per heavy atom. The predicted octanol–water partition coefficient (Wildman–Crippen LogP) is 9.64. The first kappa shape index (κ1) is 44.8. The minimum Gasteiger partial charge on any atom is -0.463 e. The number of carbonyl (C=O) groups is 2. The molecule has 1 saturated heterocycles. The molecule has 3 saturated carbocycles. The third-order valence-electron chi connectivity index (χ3n) is 15.5. The second-order valence-corrected chi connectivity index (χ2v) is 19.7. The maximum atomic E-state index is 14.1. The van der Waals surface area contributed by atoms with E-state index < -0.39 is 30.7 Å². The molecule has 0 bridgehead atoms. The van der Waals surface area contributed by atoms with Gasteiger partial charge < -0.3 is 29.5 Å². The molecule has 4 aliphatic carbocycles. The lowest BCUT2D eigenvalue weighted by Gasteiger charge is -2.58. The van der Waals surface area contributed by atoms with Crippen LogP contribution in [0.2, 0.25) is 0 Å². The Bertz CT molecular complexity index is 1250. The van der Waals surface area contributed by atoms with Gasteiger partial charge in [-0.1, -0.05) is 131 Å². The van der Waals surface area contributed by atoms with Gasteiger partial charge in [0.25, 0.3) is 0 Å². The van der Waals surface area contributed by atoms with Crippen LogP contribution in [0, 0.1) is 46.3 Å². The summed E-state index contributed by atoms with van der Waals surface area (Å²) in [6.07, 6.45) is 19.4. The summed E-state index contributed by atoms with van der Waals surface area (Å²) in [6, 6.07) is 0. The zero-order chi connectivity index (χ0) is 39.8. The normalized spacial score (nSPS) is 37.9. The molecular formula is C47H80O8. The Morgan fingerprint density at radius 1 is 0.818 bits per heavy atom. The number of carbonyl (C=O) groups excluding carboxylic acids is 2. The molecular weight excluding hydrogens is 693 g/mol. The van der Waals surface area contributed by atoms with Crippen molar-refractivity contribution in [3.8, 4) is 0 Å². The van der Waals surface area contributed by atoms with Crippen LogP contribution in [0.15, 0.2) is 11.6 Å². The largest absolute Gasteiger partial charge is 0.463 e. The highest BCUT2D eigenvalue weighted by Crippen LogP contribution is 2.67. The highest BCUT2D eigenvalue weighted by molar-refractivity contribution is 5.94. The first-order valence-corrected chi connectivity index (χ1v) is 23.1. The summed E-state index contributed by atoms with van der Waals surface area (Å²) in [5.74, 6) is 2.96. The summed E-state index contributed by atoms with van der Waals surface area (Å²) < 4.78 is 17.8. The molecule has 316 valence electrons. The van der Waals surface area contributed by atoms with Gasteiger partial charge in [0.2, 0.25) is 0 Å². The molecule has 1 heterocycles. The number of fused-ring (bicyclic) bond motifs is 5. The number of rotatable bonds is 21. The van der Waals surface area contributed by atoms with Crippen molar-refractivity contribution in [1.82, 2.24) is 0 Å². The first-order chi connectivity index (χ1) is 26.3. The van der Waals surface area contributed by atoms with E-state index in [4.69, 9.17) is 14.2 Å². The molecule has 3 N–H and O–H groups in total. The molecule has 5 aliphatic rings. The van der Waals surface area contributed by atoms with Crippen LogP contribution < -0.4 is 0 Å².